The topological polar surface area (TPSA) is 46.3 Å². The van der Waals surface area contributed by atoms with Crippen molar-refractivity contribution in [3.05, 3.63) is 29.7 Å². The van der Waals surface area contributed by atoms with E-state index in [9.17, 15) is 5.11 Å². The zero-order valence-electron chi connectivity index (χ0n) is 8.47. The molecule has 1 aromatic carbocycles. The van der Waals surface area contributed by atoms with Gasteiger partial charge in [0.15, 0.2) is 11.5 Å². The average molecular weight is 223 g/mol. The maximum atomic E-state index is 9.78. The predicted molar refractivity (Wildman–Crippen MR) is 62.2 cm³/mol. The van der Waals surface area contributed by atoms with Gasteiger partial charge >= 0.3 is 0 Å². The predicted octanol–water partition coefficient (Wildman–Crippen LogP) is 2.49. The molecule has 0 spiro atoms. The molecule has 3 nitrogen and oxygen atoms in total. The largest absolute Gasteiger partial charge is 0.441 e. The van der Waals surface area contributed by atoms with Crippen LogP contribution in [0.1, 0.15) is 24.0 Å². The van der Waals surface area contributed by atoms with E-state index in [4.69, 9.17) is 4.42 Å². The van der Waals surface area contributed by atoms with Crippen molar-refractivity contribution in [1.29, 1.82) is 0 Å². The molecule has 1 aromatic heterocycles. The van der Waals surface area contributed by atoms with E-state index in [1.54, 1.807) is 0 Å². The second kappa shape index (κ2) is 4.24. The zero-order valence-corrected chi connectivity index (χ0v) is 9.37. The summed E-state index contributed by atoms with van der Waals surface area (Å²) >= 11 is 4.09. The molecule has 0 saturated carbocycles. The highest BCUT2D eigenvalue weighted by Crippen LogP contribution is 2.22. The summed E-state index contributed by atoms with van der Waals surface area (Å²) in [6.45, 7) is 1.81. The minimum atomic E-state index is -0.475. The molecule has 0 bridgehead atoms. The molecular weight excluding hydrogens is 210 g/mol. The fourth-order valence-electron chi connectivity index (χ4n) is 1.55. The number of aromatic nitrogens is 1. The molecular formula is C11H13NO2S. The molecule has 0 saturated heterocycles. The smallest absolute Gasteiger partial charge is 0.192 e. The highest BCUT2D eigenvalue weighted by atomic mass is 32.1. The molecule has 2 aromatic rings. The standard InChI is InChI=1S/C11H13NO2S/c1-7-12-9-3-2-8(6-11(9)14-7)10(13)4-5-15/h2-3,6,10,13,15H,4-5H2,1H3. The van der Waals surface area contributed by atoms with Crippen LogP contribution in [0.2, 0.25) is 0 Å². The van der Waals surface area contributed by atoms with E-state index in [1.807, 2.05) is 25.1 Å². The zero-order chi connectivity index (χ0) is 10.8. The van der Waals surface area contributed by atoms with Crippen molar-refractivity contribution in [3.8, 4) is 0 Å². The summed E-state index contributed by atoms with van der Waals surface area (Å²) in [4.78, 5) is 4.20. The van der Waals surface area contributed by atoms with Crippen molar-refractivity contribution >= 4 is 23.7 Å². The lowest BCUT2D eigenvalue weighted by atomic mass is 10.1. The van der Waals surface area contributed by atoms with Gasteiger partial charge in [0.2, 0.25) is 0 Å². The summed E-state index contributed by atoms with van der Waals surface area (Å²) in [6.07, 6.45) is 0.166. The molecule has 1 atom stereocenters. The molecule has 0 aliphatic heterocycles. The van der Waals surface area contributed by atoms with Gasteiger partial charge in [-0.3, -0.25) is 0 Å². The lowest BCUT2D eigenvalue weighted by Crippen LogP contribution is -1.97. The van der Waals surface area contributed by atoms with Gasteiger partial charge in [-0.15, -0.1) is 0 Å². The van der Waals surface area contributed by atoms with Crippen LogP contribution in [0, 0.1) is 6.92 Å². The number of thiol groups is 1. The van der Waals surface area contributed by atoms with Gasteiger partial charge in [0, 0.05) is 6.92 Å². The number of hydrogen-bond donors (Lipinski definition) is 2. The average Bonchev–Trinajstić information content (AvgIpc) is 2.57. The van der Waals surface area contributed by atoms with Crippen LogP contribution < -0.4 is 0 Å². The van der Waals surface area contributed by atoms with Crippen molar-refractivity contribution in [1.82, 2.24) is 4.98 Å². The Morgan fingerprint density at radius 3 is 3.07 bits per heavy atom. The molecule has 0 aliphatic carbocycles. The maximum Gasteiger partial charge on any atom is 0.192 e. The number of aliphatic hydroxyl groups is 1. The first-order valence-electron chi connectivity index (χ1n) is 4.86. The Hall–Kier alpha value is -1.00. The van der Waals surface area contributed by atoms with Crippen molar-refractivity contribution in [2.75, 3.05) is 5.75 Å². The van der Waals surface area contributed by atoms with Crippen LogP contribution in [-0.2, 0) is 0 Å². The summed E-state index contributed by atoms with van der Waals surface area (Å²) in [5, 5.41) is 9.78. The first-order valence-corrected chi connectivity index (χ1v) is 5.50. The van der Waals surface area contributed by atoms with Gasteiger partial charge in [0.1, 0.15) is 5.52 Å². The molecule has 2 rings (SSSR count). The van der Waals surface area contributed by atoms with Crippen molar-refractivity contribution in [3.63, 3.8) is 0 Å². The molecule has 1 N–H and O–H groups in total. The fraction of sp³-hybridized carbons (Fsp3) is 0.364. The molecule has 4 heteroatoms. The fourth-order valence-corrected chi connectivity index (χ4v) is 1.80. The Bertz CT molecular complexity index is 467. The second-order valence-electron chi connectivity index (χ2n) is 3.49. The van der Waals surface area contributed by atoms with Gasteiger partial charge < -0.3 is 9.52 Å². The molecule has 0 amide bonds. The highest BCUT2D eigenvalue weighted by molar-refractivity contribution is 7.80. The number of nitrogens with zero attached hydrogens (tertiary/aromatic N) is 1. The second-order valence-corrected chi connectivity index (χ2v) is 3.94. The van der Waals surface area contributed by atoms with E-state index in [-0.39, 0.29) is 0 Å². The number of benzene rings is 1. The quantitative estimate of drug-likeness (QED) is 0.786. The summed E-state index contributed by atoms with van der Waals surface area (Å²) in [5.74, 6) is 1.31. The lowest BCUT2D eigenvalue weighted by Gasteiger charge is -2.08. The van der Waals surface area contributed by atoms with Crippen molar-refractivity contribution in [2.24, 2.45) is 0 Å². The molecule has 0 aliphatic rings. The third kappa shape index (κ3) is 2.16. The molecule has 1 unspecified atom stereocenters. The van der Waals surface area contributed by atoms with E-state index >= 15 is 0 Å². The van der Waals surface area contributed by atoms with E-state index in [1.165, 1.54) is 0 Å². The highest BCUT2D eigenvalue weighted by Gasteiger charge is 2.09. The number of fused-ring (bicyclic) bond motifs is 1. The minimum Gasteiger partial charge on any atom is -0.441 e. The van der Waals surface area contributed by atoms with Crippen LogP contribution in [-0.4, -0.2) is 15.8 Å². The van der Waals surface area contributed by atoms with E-state index < -0.39 is 6.10 Å². The summed E-state index contributed by atoms with van der Waals surface area (Å²) in [6, 6.07) is 5.57. The van der Waals surface area contributed by atoms with Gasteiger partial charge in [0.05, 0.1) is 6.10 Å². The van der Waals surface area contributed by atoms with Crippen LogP contribution >= 0.6 is 12.6 Å². The number of oxazole rings is 1. The van der Waals surface area contributed by atoms with Crippen molar-refractivity contribution < 1.29 is 9.52 Å². The van der Waals surface area contributed by atoms with E-state index in [0.717, 1.165) is 16.7 Å². The van der Waals surface area contributed by atoms with E-state index in [0.29, 0.717) is 18.1 Å². The maximum absolute atomic E-state index is 9.78. The van der Waals surface area contributed by atoms with Crippen LogP contribution in [0.5, 0.6) is 0 Å². The van der Waals surface area contributed by atoms with Crippen molar-refractivity contribution in [2.45, 2.75) is 19.4 Å². The van der Waals surface area contributed by atoms with Crippen LogP contribution in [0.15, 0.2) is 22.6 Å². The lowest BCUT2D eigenvalue weighted by molar-refractivity contribution is 0.175. The van der Waals surface area contributed by atoms with Gasteiger partial charge in [-0.05, 0) is 29.9 Å². The Morgan fingerprint density at radius 1 is 1.53 bits per heavy atom. The Morgan fingerprint density at radius 2 is 2.33 bits per heavy atom. The monoisotopic (exact) mass is 223 g/mol. The third-order valence-corrected chi connectivity index (χ3v) is 2.56. The number of hydrogen-bond acceptors (Lipinski definition) is 4. The number of rotatable bonds is 3. The minimum absolute atomic E-state index is 0.475. The first-order chi connectivity index (χ1) is 7.20. The van der Waals surface area contributed by atoms with Crippen LogP contribution in [0.4, 0.5) is 0 Å². The number of aliphatic hydroxyl groups excluding tert-OH is 1. The molecule has 15 heavy (non-hydrogen) atoms. The van der Waals surface area contributed by atoms with Gasteiger partial charge in [-0.2, -0.15) is 12.6 Å². The van der Waals surface area contributed by atoms with E-state index in [2.05, 4.69) is 17.6 Å². The molecule has 0 fully saturated rings. The van der Waals surface area contributed by atoms with Gasteiger partial charge in [-0.1, -0.05) is 6.07 Å². The molecule has 0 radical (unpaired) electrons. The first kappa shape index (κ1) is 10.5. The van der Waals surface area contributed by atoms with Gasteiger partial charge in [0.25, 0.3) is 0 Å². The summed E-state index contributed by atoms with van der Waals surface area (Å²) in [5.41, 5.74) is 2.41. The number of aryl methyl sites for hydroxylation is 1. The SMILES string of the molecule is Cc1nc2ccc(C(O)CCS)cc2o1. The molecule has 1 heterocycles. The Labute approximate surface area is 93.5 Å². The summed E-state index contributed by atoms with van der Waals surface area (Å²) < 4.78 is 5.40. The van der Waals surface area contributed by atoms with Crippen LogP contribution in [0.3, 0.4) is 0 Å². The Kier molecular flexibility index (Phi) is 2.98. The van der Waals surface area contributed by atoms with Crippen LogP contribution in [0.25, 0.3) is 11.1 Å². The normalized spacial score (nSPS) is 13.3. The van der Waals surface area contributed by atoms with Gasteiger partial charge in [-0.25, -0.2) is 4.98 Å². The summed E-state index contributed by atoms with van der Waals surface area (Å²) in [7, 11) is 0. The third-order valence-electron chi connectivity index (χ3n) is 2.31. The molecule has 80 valence electrons. The Balaban J connectivity index is 2.37.